The van der Waals surface area contributed by atoms with E-state index in [4.69, 9.17) is 30.1 Å². The van der Waals surface area contributed by atoms with Gasteiger partial charge in [-0.25, -0.2) is 14.8 Å². The van der Waals surface area contributed by atoms with Crippen molar-refractivity contribution in [3.05, 3.63) is 92.7 Å². The second-order valence-electron chi connectivity index (χ2n) is 14.4. The van der Waals surface area contributed by atoms with Gasteiger partial charge in [0.05, 0.1) is 17.5 Å². The molecule has 4 atom stereocenters. The van der Waals surface area contributed by atoms with Crippen molar-refractivity contribution in [2.24, 2.45) is 4.99 Å². The van der Waals surface area contributed by atoms with E-state index in [0.717, 1.165) is 29.1 Å². The Morgan fingerprint density at radius 3 is 2.71 bits per heavy atom. The van der Waals surface area contributed by atoms with Gasteiger partial charge in [-0.3, -0.25) is 14.7 Å². The number of esters is 1. The van der Waals surface area contributed by atoms with Gasteiger partial charge in [0, 0.05) is 41.5 Å². The SMILES string of the molecule is Cc1cc(=O)c2c(O)c3c(cc2o1)OC(C)(C)[C@H](OC(=O)[C@@]1(C)O[C@@H]1CCc1cc(N)nc(-c2cc(N)nc(C[NH+]4C=C5N=CC=C5C4)c2)c1)C3. The lowest BCUT2D eigenvalue weighted by Crippen LogP contribution is -3.04. The fraction of sp³-hybridized carbons (Fsp3) is 0.342. The Kier molecular flexibility index (Phi) is 7.54. The molecule has 7 heterocycles. The Balaban J connectivity index is 0.934. The lowest BCUT2D eigenvalue weighted by Gasteiger charge is -2.39. The molecule has 0 spiro atoms. The number of epoxide rings is 1. The molecule has 4 aliphatic heterocycles. The maximum Gasteiger partial charge on any atom is 0.341 e. The van der Waals surface area contributed by atoms with Crippen molar-refractivity contribution in [1.82, 2.24) is 9.97 Å². The summed E-state index contributed by atoms with van der Waals surface area (Å²) in [4.78, 5) is 41.0. The van der Waals surface area contributed by atoms with Gasteiger partial charge in [-0.1, -0.05) is 0 Å². The van der Waals surface area contributed by atoms with Crippen molar-refractivity contribution in [2.75, 3.05) is 18.0 Å². The lowest BCUT2D eigenvalue weighted by atomic mass is 9.89. The van der Waals surface area contributed by atoms with Crippen LogP contribution < -0.4 is 26.5 Å². The van der Waals surface area contributed by atoms with Crippen LogP contribution in [0.1, 0.15) is 49.8 Å². The molecule has 13 heteroatoms. The van der Waals surface area contributed by atoms with E-state index in [1.807, 2.05) is 44.3 Å². The molecule has 4 aliphatic rings. The molecule has 1 saturated heterocycles. The number of aromatic hydroxyl groups is 1. The van der Waals surface area contributed by atoms with Gasteiger partial charge in [-0.15, -0.1) is 0 Å². The van der Waals surface area contributed by atoms with Gasteiger partial charge in [-0.05, 0) is 76.4 Å². The van der Waals surface area contributed by atoms with Crippen LogP contribution >= 0.6 is 0 Å². The molecule has 0 saturated carbocycles. The molecule has 1 fully saturated rings. The summed E-state index contributed by atoms with van der Waals surface area (Å²) in [5.41, 5.74) is 16.2. The zero-order chi connectivity index (χ0) is 35.8. The van der Waals surface area contributed by atoms with Gasteiger partial charge in [0.2, 0.25) is 0 Å². The number of aryl methyl sites for hydroxylation is 2. The number of quaternary nitrogens is 1. The van der Waals surface area contributed by atoms with Crippen molar-refractivity contribution in [3.63, 3.8) is 0 Å². The third kappa shape index (κ3) is 6.02. The number of rotatable bonds is 8. The third-order valence-electron chi connectivity index (χ3n) is 10.1. The van der Waals surface area contributed by atoms with Crippen molar-refractivity contribution in [2.45, 2.75) is 76.9 Å². The smallest absolute Gasteiger partial charge is 0.341 e. The Morgan fingerprint density at radius 2 is 1.90 bits per heavy atom. The van der Waals surface area contributed by atoms with Gasteiger partial charge >= 0.3 is 5.97 Å². The fourth-order valence-electron chi connectivity index (χ4n) is 7.26. The summed E-state index contributed by atoms with van der Waals surface area (Å²) >= 11 is 0. The number of ether oxygens (including phenoxy) is 3. The first-order chi connectivity index (χ1) is 24.3. The number of nitrogens with two attached hydrogens (primary N) is 2. The number of aliphatic imine (C=N–C) groups is 1. The van der Waals surface area contributed by atoms with E-state index in [0.29, 0.717) is 53.8 Å². The molecule has 13 nitrogen and oxygen atoms in total. The van der Waals surface area contributed by atoms with E-state index in [1.165, 1.54) is 16.5 Å². The molecular weight excluding hydrogens is 652 g/mol. The van der Waals surface area contributed by atoms with E-state index < -0.39 is 23.3 Å². The number of anilines is 2. The van der Waals surface area contributed by atoms with E-state index in [-0.39, 0.29) is 34.7 Å². The molecule has 6 N–H and O–H groups in total. The molecule has 4 aromatic rings. The van der Waals surface area contributed by atoms with Gasteiger partial charge in [0.15, 0.2) is 11.0 Å². The maximum absolute atomic E-state index is 13.5. The van der Waals surface area contributed by atoms with E-state index >= 15 is 0 Å². The Labute approximate surface area is 293 Å². The second kappa shape index (κ2) is 11.8. The summed E-state index contributed by atoms with van der Waals surface area (Å²) in [7, 11) is 0. The number of phenols is 1. The number of nitrogen functional groups attached to an aromatic ring is 2. The molecule has 51 heavy (non-hydrogen) atoms. The third-order valence-corrected chi connectivity index (χ3v) is 10.1. The summed E-state index contributed by atoms with van der Waals surface area (Å²) in [6, 6.07) is 10.5. The number of benzene rings is 1. The first-order valence-electron chi connectivity index (χ1n) is 17.0. The summed E-state index contributed by atoms with van der Waals surface area (Å²) in [6.07, 6.45) is 6.10. The number of aromatic nitrogens is 2. The molecule has 0 amide bonds. The number of nitrogens with one attached hydrogen (secondary N) is 1. The van der Waals surface area contributed by atoms with Crippen molar-refractivity contribution >= 4 is 34.8 Å². The van der Waals surface area contributed by atoms with Crippen LogP contribution in [-0.4, -0.2) is 57.2 Å². The number of phenolic OH excluding ortho intramolecular Hbond substituents is 1. The Bertz CT molecular complexity index is 2290. The molecule has 1 unspecified atom stereocenters. The molecule has 1 aromatic carbocycles. The highest BCUT2D eigenvalue weighted by Gasteiger charge is 2.60. The number of carbonyl (C=O) groups is 1. The standard InChI is InChI=1S/C38H38N6O7/c1-19-9-27(45)34-29(48-19)15-28-24(35(34)46)14-31(37(2,3)50-28)49-36(47)38(4)30(51-38)6-5-20-10-25(43-32(39)11-20)22-12-23(42-33(40)13-22)17-44-16-21-7-8-41-26(21)18-44/h7-13,15,18,30-31,46H,5-6,14,16-17H2,1-4H3,(H2,39,43)(H2,40,42)/p+1/t30-,31-,38+/m1/s1. The number of pyridine rings is 2. The second-order valence-corrected chi connectivity index (χ2v) is 14.4. The zero-order valence-electron chi connectivity index (χ0n) is 28.8. The quantitative estimate of drug-likeness (QED) is 0.157. The highest BCUT2D eigenvalue weighted by atomic mass is 16.7. The summed E-state index contributed by atoms with van der Waals surface area (Å²) < 4.78 is 23.8. The normalized spacial score (nSPS) is 24.0. The number of nitrogens with zero attached hydrogens (tertiary/aromatic N) is 3. The number of allylic oxidation sites excluding steroid dienone is 1. The van der Waals surface area contributed by atoms with Crippen LogP contribution in [0.5, 0.6) is 11.5 Å². The van der Waals surface area contributed by atoms with Crippen LogP contribution in [0.25, 0.3) is 22.2 Å². The van der Waals surface area contributed by atoms with Crippen LogP contribution in [0.15, 0.2) is 74.1 Å². The van der Waals surface area contributed by atoms with E-state index in [1.54, 1.807) is 26.0 Å². The van der Waals surface area contributed by atoms with Crippen LogP contribution in [0.3, 0.4) is 0 Å². The zero-order valence-corrected chi connectivity index (χ0v) is 28.8. The molecule has 0 bridgehead atoms. The van der Waals surface area contributed by atoms with Gasteiger partial charge in [0.25, 0.3) is 0 Å². The Hall–Kier alpha value is -5.53. The summed E-state index contributed by atoms with van der Waals surface area (Å²) in [5.74, 6) is 0.809. The molecule has 262 valence electrons. The van der Waals surface area contributed by atoms with Crippen molar-refractivity contribution < 1.29 is 33.4 Å². The number of hydrogen-bond acceptors (Lipinski definition) is 12. The largest absolute Gasteiger partial charge is 0.507 e. The van der Waals surface area contributed by atoms with Crippen molar-refractivity contribution in [1.29, 1.82) is 0 Å². The molecular formula is C38H39N6O7+. The predicted octanol–water partition coefficient (Wildman–Crippen LogP) is 3.09. The average molecular weight is 692 g/mol. The molecule has 3 aromatic heterocycles. The van der Waals surface area contributed by atoms with Gasteiger partial charge in [0.1, 0.15) is 76.6 Å². The highest BCUT2D eigenvalue weighted by molar-refractivity contribution is 5.87. The maximum atomic E-state index is 13.5. The monoisotopic (exact) mass is 691 g/mol. The minimum absolute atomic E-state index is 0.0644. The number of hydrogen-bond donors (Lipinski definition) is 4. The fourth-order valence-corrected chi connectivity index (χ4v) is 7.26. The van der Waals surface area contributed by atoms with E-state index in [9.17, 15) is 14.7 Å². The average Bonchev–Trinajstić information content (AvgIpc) is 3.30. The van der Waals surface area contributed by atoms with Crippen LogP contribution in [0, 0.1) is 6.92 Å². The van der Waals surface area contributed by atoms with Crippen LogP contribution in [0.4, 0.5) is 11.6 Å². The highest BCUT2D eigenvalue weighted by Crippen LogP contribution is 2.45. The summed E-state index contributed by atoms with van der Waals surface area (Å²) in [6.45, 7) is 8.50. The van der Waals surface area contributed by atoms with Crippen LogP contribution in [-0.2, 0) is 33.7 Å². The molecule has 8 rings (SSSR count). The summed E-state index contributed by atoms with van der Waals surface area (Å²) in [5, 5.41) is 11.1. The number of carbonyl (C=O) groups excluding carboxylic acids is 1. The predicted molar refractivity (Wildman–Crippen MR) is 189 cm³/mol. The molecule has 0 radical (unpaired) electrons. The van der Waals surface area contributed by atoms with Gasteiger partial charge < -0.3 is 35.2 Å². The minimum Gasteiger partial charge on any atom is -0.507 e. The topological polar surface area (TPSA) is 193 Å². The minimum atomic E-state index is -1.15. The van der Waals surface area contributed by atoms with E-state index in [2.05, 4.69) is 21.2 Å². The lowest BCUT2D eigenvalue weighted by molar-refractivity contribution is -0.852. The number of fused-ring (bicyclic) bond motifs is 3. The first kappa shape index (κ1) is 32.7. The molecule has 0 aliphatic carbocycles. The van der Waals surface area contributed by atoms with Crippen molar-refractivity contribution in [3.8, 4) is 22.8 Å². The first-order valence-corrected chi connectivity index (χ1v) is 17.0. The van der Waals surface area contributed by atoms with Gasteiger partial charge in [-0.2, -0.15) is 0 Å². The van der Waals surface area contributed by atoms with Crippen LogP contribution in [0.2, 0.25) is 0 Å². The Morgan fingerprint density at radius 1 is 1.10 bits per heavy atom.